The minimum atomic E-state index is 0.676. The molecule has 0 spiro atoms. The van der Waals surface area contributed by atoms with Crippen LogP contribution in [0.2, 0.25) is 0 Å². The Morgan fingerprint density at radius 1 is 1.50 bits per heavy atom. The van der Waals surface area contributed by atoms with Gasteiger partial charge in [-0.2, -0.15) is 0 Å². The van der Waals surface area contributed by atoms with E-state index in [0.717, 1.165) is 0 Å². The van der Waals surface area contributed by atoms with E-state index in [2.05, 4.69) is 49.9 Å². The van der Waals surface area contributed by atoms with Crippen molar-refractivity contribution in [3.63, 3.8) is 0 Å². The van der Waals surface area contributed by atoms with Gasteiger partial charge in [0.25, 0.3) is 0 Å². The molecule has 0 amide bonds. The van der Waals surface area contributed by atoms with Gasteiger partial charge in [-0.15, -0.1) is 11.8 Å². The molecule has 0 fully saturated rings. The van der Waals surface area contributed by atoms with E-state index in [9.17, 15) is 0 Å². The number of allylic oxidation sites excluding steroid dienone is 3. The third kappa shape index (κ3) is 1.27. The van der Waals surface area contributed by atoms with E-state index >= 15 is 0 Å². The van der Waals surface area contributed by atoms with Gasteiger partial charge in [0.1, 0.15) is 0 Å². The van der Waals surface area contributed by atoms with Crippen LogP contribution in [0.15, 0.2) is 35.5 Å². The molecule has 64 valence electrons. The summed E-state index contributed by atoms with van der Waals surface area (Å²) in [5, 5.41) is 0.676. The van der Waals surface area contributed by atoms with E-state index in [0.29, 0.717) is 11.2 Å². The highest BCUT2D eigenvalue weighted by molar-refractivity contribution is 8.00. The summed E-state index contributed by atoms with van der Waals surface area (Å²) in [7, 11) is 0. The molecule has 1 heteroatoms. The first-order valence-corrected chi connectivity index (χ1v) is 5.53. The zero-order chi connectivity index (χ0) is 8.55. The second-order valence-corrected chi connectivity index (χ2v) is 4.74. The van der Waals surface area contributed by atoms with Crippen molar-refractivity contribution in [3.05, 3.63) is 35.5 Å². The van der Waals surface area contributed by atoms with Gasteiger partial charge in [0.15, 0.2) is 0 Å². The molecule has 1 aliphatic heterocycles. The lowest BCUT2D eigenvalue weighted by molar-refractivity contribution is 0.746. The monoisotopic (exact) mass is 178 g/mol. The van der Waals surface area contributed by atoms with Gasteiger partial charge >= 0.3 is 0 Å². The van der Waals surface area contributed by atoms with Crippen molar-refractivity contribution in [2.24, 2.45) is 5.92 Å². The quantitative estimate of drug-likeness (QED) is 0.594. The minimum Gasteiger partial charge on any atom is -0.145 e. The molecule has 0 aromatic carbocycles. The number of thioether (sulfide) groups is 1. The zero-order valence-corrected chi connectivity index (χ0v) is 8.40. The summed E-state index contributed by atoms with van der Waals surface area (Å²) in [6.07, 6.45) is 9.06. The number of hydrogen-bond acceptors (Lipinski definition) is 1. The van der Waals surface area contributed by atoms with Crippen molar-refractivity contribution in [2.75, 3.05) is 5.75 Å². The first-order valence-electron chi connectivity index (χ1n) is 4.49. The summed E-state index contributed by atoms with van der Waals surface area (Å²) in [5.74, 6) is 1.88. The van der Waals surface area contributed by atoms with Crippen molar-refractivity contribution in [1.29, 1.82) is 0 Å². The van der Waals surface area contributed by atoms with Gasteiger partial charge in [-0.25, -0.2) is 0 Å². The zero-order valence-electron chi connectivity index (χ0n) is 7.58. The Hall–Kier alpha value is -0.430. The third-order valence-corrected chi connectivity index (χ3v) is 3.67. The molecular formula is C11H14S. The molecule has 0 saturated carbocycles. The van der Waals surface area contributed by atoms with Crippen LogP contribution in [-0.2, 0) is 0 Å². The lowest BCUT2D eigenvalue weighted by Crippen LogP contribution is -2.12. The van der Waals surface area contributed by atoms with Crippen LogP contribution in [0.3, 0.4) is 0 Å². The van der Waals surface area contributed by atoms with Crippen LogP contribution < -0.4 is 0 Å². The van der Waals surface area contributed by atoms with E-state index in [4.69, 9.17) is 0 Å². The normalized spacial score (nSPS) is 27.1. The summed E-state index contributed by atoms with van der Waals surface area (Å²) in [4.78, 5) is 0. The molecule has 0 aromatic rings. The van der Waals surface area contributed by atoms with Gasteiger partial charge in [0, 0.05) is 5.75 Å². The predicted octanol–water partition coefficient (Wildman–Crippen LogP) is 3.18. The van der Waals surface area contributed by atoms with Crippen LogP contribution in [0.4, 0.5) is 0 Å². The van der Waals surface area contributed by atoms with Gasteiger partial charge in [-0.1, -0.05) is 43.7 Å². The first-order chi connectivity index (χ1) is 5.79. The lowest BCUT2D eigenvalue weighted by atomic mass is 9.91. The fourth-order valence-corrected chi connectivity index (χ4v) is 3.13. The SMILES string of the molecule is CC(C)C1=CC=CC2=CCSC21. The van der Waals surface area contributed by atoms with Crippen molar-refractivity contribution in [2.45, 2.75) is 19.1 Å². The molecule has 2 aliphatic rings. The van der Waals surface area contributed by atoms with Gasteiger partial charge in [-0.05, 0) is 11.5 Å². The topological polar surface area (TPSA) is 0 Å². The van der Waals surface area contributed by atoms with Gasteiger partial charge in [-0.3, -0.25) is 0 Å². The highest BCUT2D eigenvalue weighted by Gasteiger charge is 2.25. The van der Waals surface area contributed by atoms with Crippen LogP contribution in [0.25, 0.3) is 0 Å². The molecule has 0 N–H and O–H groups in total. The summed E-state index contributed by atoms with van der Waals surface area (Å²) >= 11 is 2.05. The molecule has 2 rings (SSSR count). The Morgan fingerprint density at radius 2 is 2.33 bits per heavy atom. The molecule has 0 saturated heterocycles. The average molecular weight is 178 g/mol. The molecule has 1 heterocycles. The molecule has 1 unspecified atom stereocenters. The maximum Gasteiger partial charge on any atom is 0.0512 e. The molecule has 0 aromatic heterocycles. The van der Waals surface area contributed by atoms with Crippen molar-refractivity contribution >= 4 is 11.8 Å². The van der Waals surface area contributed by atoms with Crippen LogP contribution in [0.5, 0.6) is 0 Å². The van der Waals surface area contributed by atoms with Crippen LogP contribution in [-0.4, -0.2) is 11.0 Å². The van der Waals surface area contributed by atoms with Gasteiger partial charge in [0.2, 0.25) is 0 Å². The molecule has 0 nitrogen and oxygen atoms in total. The Labute approximate surface area is 78.4 Å². The highest BCUT2D eigenvalue weighted by atomic mass is 32.2. The fourth-order valence-electron chi connectivity index (χ4n) is 1.74. The third-order valence-electron chi connectivity index (χ3n) is 2.43. The van der Waals surface area contributed by atoms with Crippen molar-refractivity contribution < 1.29 is 0 Å². The van der Waals surface area contributed by atoms with E-state index in [-0.39, 0.29) is 0 Å². The first kappa shape index (κ1) is 8.18. The van der Waals surface area contributed by atoms with E-state index < -0.39 is 0 Å². The summed E-state index contributed by atoms with van der Waals surface area (Å²) in [6.45, 7) is 4.56. The molecule has 0 bridgehead atoms. The molecule has 1 atom stereocenters. The summed E-state index contributed by atoms with van der Waals surface area (Å²) in [6, 6.07) is 0. The maximum absolute atomic E-state index is 2.35. The van der Waals surface area contributed by atoms with Crippen LogP contribution >= 0.6 is 11.8 Å². The molecule has 12 heavy (non-hydrogen) atoms. The average Bonchev–Trinajstić information content (AvgIpc) is 2.49. The van der Waals surface area contributed by atoms with Crippen LogP contribution in [0, 0.1) is 5.92 Å². The second kappa shape index (κ2) is 3.14. The van der Waals surface area contributed by atoms with E-state index in [1.54, 1.807) is 5.57 Å². The Kier molecular flexibility index (Phi) is 2.14. The minimum absolute atomic E-state index is 0.676. The lowest BCUT2D eigenvalue weighted by Gasteiger charge is -2.22. The standard InChI is InChI=1S/C11H14S/c1-8(2)10-5-3-4-9-6-7-12-11(9)10/h3-6,8,11H,7H2,1-2H3. The Balaban J connectivity index is 2.29. The van der Waals surface area contributed by atoms with E-state index in [1.807, 2.05) is 0 Å². The maximum atomic E-state index is 2.35. The second-order valence-electron chi connectivity index (χ2n) is 3.60. The van der Waals surface area contributed by atoms with Crippen molar-refractivity contribution in [3.8, 4) is 0 Å². The Bertz CT molecular complexity index is 269. The number of rotatable bonds is 1. The number of fused-ring (bicyclic) bond motifs is 1. The largest absolute Gasteiger partial charge is 0.145 e. The highest BCUT2D eigenvalue weighted by Crippen LogP contribution is 2.38. The molecule has 1 aliphatic carbocycles. The van der Waals surface area contributed by atoms with E-state index in [1.165, 1.54) is 11.3 Å². The fraction of sp³-hybridized carbons (Fsp3) is 0.455. The Morgan fingerprint density at radius 3 is 3.08 bits per heavy atom. The van der Waals surface area contributed by atoms with Gasteiger partial charge < -0.3 is 0 Å². The predicted molar refractivity (Wildman–Crippen MR) is 56.4 cm³/mol. The van der Waals surface area contributed by atoms with Crippen LogP contribution in [0.1, 0.15) is 13.8 Å². The molecule has 0 radical (unpaired) electrons. The van der Waals surface area contributed by atoms with Crippen molar-refractivity contribution in [1.82, 2.24) is 0 Å². The smallest absolute Gasteiger partial charge is 0.0512 e. The summed E-state index contributed by atoms with van der Waals surface area (Å²) < 4.78 is 0. The van der Waals surface area contributed by atoms with Gasteiger partial charge in [0.05, 0.1) is 5.25 Å². The summed E-state index contributed by atoms with van der Waals surface area (Å²) in [5.41, 5.74) is 3.11. The number of hydrogen-bond donors (Lipinski definition) is 0. The molecular weight excluding hydrogens is 164 g/mol.